The van der Waals surface area contributed by atoms with E-state index in [1.165, 1.54) is 11.1 Å². The highest BCUT2D eigenvalue weighted by Gasteiger charge is 2.21. The first-order valence-electron chi connectivity index (χ1n) is 9.55. The smallest absolute Gasteiger partial charge is 0.255 e. The first kappa shape index (κ1) is 20.0. The number of hydrogen-bond acceptors (Lipinski definition) is 4. The molecule has 28 heavy (non-hydrogen) atoms. The van der Waals surface area contributed by atoms with Gasteiger partial charge in [0.1, 0.15) is 17.1 Å². The molecule has 0 aliphatic heterocycles. The van der Waals surface area contributed by atoms with Crippen molar-refractivity contribution >= 4 is 16.9 Å². The Morgan fingerprint density at radius 1 is 1.18 bits per heavy atom. The van der Waals surface area contributed by atoms with Crippen LogP contribution in [0, 0.1) is 6.92 Å². The highest BCUT2D eigenvalue weighted by molar-refractivity contribution is 6.07. The van der Waals surface area contributed by atoms with E-state index in [-0.39, 0.29) is 11.9 Å². The largest absolute Gasteiger partial charge is 0.497 e. The number of fused-ring (bicyclic) bond motifs is 1. The fourth-order valence-electron chi connectivity index (χ4n) is 3.46. The molecule has 0 radical (unpaired) electrons. The van der Waals surface area contributed by atoms with Gasteiger partial charge in [-0.3, -0.25) is 4.79 Å². The molecule has 1 N–H and O–H groups in total. The number of amides is 1. The number of benzene rings is 2. The van der Waals surface area contributed by atoms with Crippen LogP contribution in [0.5, 0.6) is 5.75 Å². The lowest BCUT2D eigenvalue weighted by Crippen LogP contribution is -2.34. The third-order valence-corrected chi connectivity index (χ3v) is 5.15. The Bertz CT molecular complexity index is 958. The first-order chi connectivity index (χ1) is 13.4. The monoisotopic (exact) mass is 380 g/mol. The molecule has 0 fully saturated rings. The van der Waals surface area contributed by atoms with E-state index in [1.807, 2.05) is 39.2 Å². The van der Waals surface area contributed by atoms with Crippen LogP contribution in [0.15, 0.2) is 46.9 Å². The Hall–Kier alpha value is -2.79. The minimum Gasteiger partial charge on any atom is -0.497 e. The van der Waals surface area contributed by atoms with Crippen molar-refractivity contribution in [1.29, 1.82) is 0 Å². The van der Waals surface area contributed by atoms with Gasteiger partial charge in [-0.1, -0.05) is 31.2 Å². The van der Waals surface area contributed by atoms with Gasteiger partial charge in [-0.05, 0) is 56.8 Å². The summed E-state index contributed by atoms with van der Waals surface area (Å²) in [4.78, 5) is 15.1. The van der Waals surface area contributed by atoms with Crippen LogP contribution >= 0.6 is 0 Å². The van der Waals surface area contributed by atoms with Gasteiger partial charge in [0.25, 0.3) is 5.91 Å². The van der Waals surface area contributed by atoms with Crippen LogP contribution in [0.3, 0.4) is 0 Å². The molecule has 0 spiro atoms. The van der Waals surface area contributed by atoms with Gasteiger partial charge in [0.05, 0.1) is 18.7 Å². The maximum Gasteiger partial charge on any atom is 0.255 e. The van der Waals surface area contributed by atoms with Crippen molar-refractivity contribution in [3.05, 3.63) is 64.9 Å². The van der Waals surface area contributed by atoms with Gasteiger partial charge in [-0.2, -0.15) is 0 Å². The Balaban J connectivity index is 1.81. The number of carbonyl (C=O) groups excluding carboxylic acids is 1. The third-order valence-electron chi connectivity index (χ3n) is 5.15. The fourth-order valence-corrected chi connectivity index (χ4v) is 3.46. The maximum atomic E-state index is 13.0. The number of carbonyl (C=O) groups is 1. The minimum atomic E-state index is -0.137. The van der Waals surface area contributed by atoms with Crippen molar-refractivity contribution in [2.24, 2.45) is 0 Å². The van der Waals surface area contributed by atoms with Crippen molar-refractivity contribution in [3.63, 3.8) is 0 Å². The van der Waals surface area contributed by atoms with E-state index in [0.717, 1.165) is 11.8 Å². The molecular formula is C23H28N2O3. The SMILES string of the molecule is CCc1ccc(C(CNC(=O)c2c(C)oc3ccc(OC)cc23)N(C)C)cc1. The highest BCUT2D eigenvalue weighted by atomic mass is 16.5. The summed E-state index contributed by atoms with van der Waals surface area (Å²) >= 11 is 0. The van der Waals surface area contributed by atoms with Crippen molar-refractivity contribution in [2.75, 3.05) is 27.7 Å². The Morgan fingerprint density at radius 3 is 2.50 bits per heavy atom. The van der Waals surface area contributed by atoms with Crippen LogP contribution in [-0.4, -0.2) is 38.6 Å². The predicted octanol–water partition coefficient (Wildman–Crippen LogP) is 4.34. The summed E-state index contributed by atoms with van der Waals surface area (Å²) in [6.07, 6.45) is 1.01. The molecule has 1 aromatic heterocycles. The highest BCUT2D eigenvalue weighted by Crippen LogP contribution is 2.29. The van der Waals surface area contributed by atoms with Crippen molar-refractivity contribution in [1.82, 2.24) is 10.2 Å². The molecule has 3 rings (SSSR count). The molecule has 3 aromatic rings. The molecule has 1 atom stereocenters. The number of furan rings is 1. The van der Waals surface area contributed by atoms with Crippen molar-refractivity contribution < 1.29 is 13.9 Å². The van der Waals surface area contributed by atoms with E-state index < -0.39 is 0 Å². The summed E-state index contributed by atoms with van der Waals surface area (Å²) in [5.74, 6) is 1.17. The van der Waals surface area contributed by atoms with Crippen LogP contribution < -0.4 is 10.1 Å². The number of methoxy groups -OCH3 is 1. The van der Waals surface area contributed by atoms with Gasteiger partial charge in [-0.15, -0.1) is 0 Å². The number of hydrogen-bond donors (Lipinski definition) is 1. The normalized spacial score (nSPS) is 12.4. The van der Waals surface area contributed by atoms with Crippen LogP contribution in [0.1, 0.15) is 40.2 Å². The van der Waals surface area contributed by atoms with E-state index in [0.29, 0.717) is 29.2 Å². The minimum absolute atomic E-state index is 0.0860. The number of aryl methyl sites for hydroxylation is 2. The molecule has 0 aliphatic carbocycles. The zero-order valence-corrected chi connectivity index (χ0v) is 17.2. The second kappa shape index (κ2) is 8.48. The number of nitrogens with one attached hydrogen (secondary N) is 1. The van der Waals surface area contributed by atoms with Crippen molar-refractivity contribution in [2.45, 2.75) is 26.3 Å². The van der Waals surface area contributed by atoms with Gasteiger partial charge in [0.15, 0.2) is 0 Å². The van der Waals surface area contributed by atoms with E-state index in [4.69, 9.17) is 9.15 Å². The second-order valence-corrected chi connectivity index (χ2v) is 7.18. The number of likely N-dealkylation sites (N-methyl/N-ethyl adjacent to an activating group) is 1. The summed E-state index contributed by atoms with van der Waals surface area (Å²) in [5, 5.41) is 3.85. The number of rotatable bonds is 7. The van der Waals surface area contributed by atoms with Gasteiger partial charge in [0, 0.05) is 11.9 Å². The molecule has 2 aromatic carbocycles. The number of ether oxygens (including phenoxy) is 1. The lowest BCUT2D eigenvalue weighted by atomic mass is 10.0. The molecule has 0 aliphatic rings. The third kappa shape index (κ3) is 4.04. The Morgan fingerprint density at radius 2 is 1.89 bits per heavy atom. The molecule has 1 amide bonds. The predicted molar refractivity (Wildman–Crippen MR) is 112 cm³/mol. The maximum absolute atomic E-state index is 13.0. The molecule has 5 nitrogen and oxygen atoms in total. The fraction of sp³-hybridized carbons (Fsp3) is 0.348. The zero-order valence-electron chi connectivity index (χ0n) is 17.2. The standard InChI is InChI=1S/C23H28N2O3/c1-6-16-7-9-17(10-8-16)20(25(3)4)14-24-23(26)22-15(2)28-21-12-11-18(27-5)13-19(21)22/h7-13,20H,6,14H2,1-5H3,(H,24,26). The van der Waals surface area contributed by atoms with E-state index >= 15 is 0 Å². The first-order valence-corrected chi connectivity index (χ1v) is 9.55. The molecule has 0 bridgehead atoms. The molecule has 1 heterocycles. The second-order valence-electron chi connectivity index (χ2n) is 7.18. The average molecular weight is 380 g/mol. The topological polar surface area (TPSA) is 54.7 Å². The van der Waals surface area contributed by atoms with Gasteiger partial charge >= 0.3 is 0 Å². The van der Waals surface area contributed by atoms with Crippen LogP contribution in [0.4, 0.5) is 0 Å². The van der Waals surface area contributed by atoms with Gasteiger partial charge in [0.2, 0.25) is 0 Å². The Labute approximate surface area is 166 Å². The summed E-state index contributed by atoms with van der Waals surface area (Å²) in [7, 11) is 5.65. The molecule has 5 heteroatoms. The molecule has 0 saturated carbocycles. The van der Waals surface area contributed by atoms with E-state index in [9.17, 15) is 4.79 Å². The van der Waals surface area contributed by atoms with Gasteiger partial charge in [-0.25, -0.2) is 0 Å². The lowest BCUT2D eigenvalue weighted by Gasteiger charge is -2.25. The Kier molecular flexibility index (Phi) is 6.05. The molecular weight excluding hydrogens is 352 g/mol. The van der Waals surface area contributed by atoms with Crippen LogP contribution in [-0.2, 0) is 6.42 Å². The average Bonchev–Trinajstić information content (AvgIpc) is 3.03. The van der Waals surface area contributed by atoms with Crippen molar-refractivity contribution in [3.8, 4) is 5.75 Å². The van der Waals surface area contributed by atoms with Crippen LogP contribution in [0.25, 0.3) is 11.0 Å². The van der Waals surface area contributed by atoms with Crippen LogP contribution in [0.2, 0.25) is 0 Å². The summed E-state index contributed by atoms with van der Waals surface area (Å²) < 4.78 is 11.0. The van der Waals surface area contributed by atoms with Gasteiger partial charge < -0.3 is 19.4 Å². The quantitative estimate of drug-likeness (QED) is 0.662. The summed E-state index contributed by atoms with van der Waals surface area (Å²) in [6, 6.07) is 14.2. The molecule has 1 unspecified atom stereocenters. The van der Waals surface area contributed by atoms with E-state index in [2.05, 4.69) is 41.4 Å². The molecule has 148 valence electrons. The summed E-state index contributed by atoms with van der Waals surface area (Å²) in [5.41, 5.74) is 3.73. The van der Waals surface area contributed by atoms with E-state index in [1.54, 1.807) is 7.11 Å². The lowest BCUT2D eigenvalue weighted by molar-refractivity contribution is 0.0942. The zero-order chi connectivity index (χ0) is 20.3. The molecule has 0 saturated heterocycles. The number of nitrogens with zero attached hydrogens (tertiary/aromatic N) is 1. The summed E-state index contributed by atoms with van der Waals surface area (Å²) in [6.45, 7) is 4.47.